The summed E-state index contributed by atoms with van der Waals surface area (Å²) < 4.78 is 0. The van der Waals surface area contributed by atoms with Gasteiger partial charge >= 0.3 is 0 Å². The van der Waals surface area contributed by atoms with Gasteiger partial charge in [0.2, 0.25) is 5.91 Å². The summed E-state index contributed by atoms with van der Waals surface area (Å²) in [5.74, 6) is 0.494. The molecular formula is C26H26N4O4. The molecular weight excluding hydrogens is 432 g/mol. The third-order valence-corrected chi connectivity index (χ3v) is 6.59. The molecule has 2 amide bonds. The van der Waals surface area contributed by atoms with E-state index in [1.165, 1.54) is 5.56 Å². The topological polar surface area (TPSA) is 112 Å². The number of carbonyl (C=O) groups is 3. The maximum absolute atomic E-state index is 13.5. The normalized spacial score (nSPS) is 20.3. The summed E-state index contributed by atoms with van der Waals surface area (Å²) in [6.45, 7) is 2.06. The van der Waals surface area contributed by atoms with Crippen LogP contribution in [0.2, 0.25) is 0 Å². The van der Waals surface area contributed by atoms with Crippen molar-refractivity contribution in [2.24, 2.45) is 0 Å². The van der Waals surface area contributed by atoms with Crippen LogP contribution in [-0.4, -0.2) is 50.8 Å². The first-order chi connectivity index (χ1) is 16.5. The van der Waals surface area contributed by atoms with E-state index in [1.54, 1.807) is 19.3 Å². The molecule has 2 N–H and O–H groups in total. The lowest BCUT2D eigenvalue weighted by Crippen LogP contribution is -2.49. The number of carbonyl (C=O) groups excluding carboxylic acids is 2. The Morgan fingerprint density at radius 3 is 2.50 bits per heavy atom. The summed E-state index contributed by atoms with van der Waals surface area (Å²) in [6, 6.07) is 17.8. The summed E-state index contributed by atoms with van der Waals surface area (Å²) in [6.07, 6.45) is 5.24. The highest BCUT2D eigenvalue weighted by atomic mass is 16.3. The molecule has 0 saturated carbocycles. The molecule has 0 aliphatic carbocycles. The summed E-state index contributed by atoms with van der Waals surface area (Å²) >= 11 is 0. The highest BCUT2D eigenvalue weighted by Gasteiger charge is 2.58. The first kappa shape index (κ1) is 23.1. The number of hydrogen-bond donors (Lipinski definition) is 2. The molecule has 0 unspecified atom stereocenters. The van der Waals surface area contributed by atoms with Crippen molar-refractivity contribution in [3.05, 3.63) is 89.5 Å². The van der Waals surface area contributed by atoms with Crippen molar-refractivity contribution >= 4 is 24.0 Å². The molecule has 1 saturated heterocycles. The van der Waals surface area contributed by atoms with Crippen LogP contribution in [0.5, 0.6) is 0 Å². The number of aryl methyl sites for hydroxylation is 2. The molecule has 0 radical (unpaired) electrons. The van der Waals surface area contributed by atoms with E-state index in [4.69, 9.17) is 9.90 Å². The number of nitrogens with one attached hydrogen (secondary N) is 1. The molecule has 1 fully saturated rings. The predicted octanol–water partition coefficient (Wildman–Crippen LogP) is 3.22. The van der Waals surface area contributed by atoms with Crippen molar-refractivity contribution in [3.8, 4) is 0 Å². The van der Waals surface area contributed by atoms with Crippen molar-refractivity contribution in [1.29, 1.82) is 0 Å². The van der Waals surface area contributed by atoms with E-state index in [9.17, 15) is 9.59 Å². The molecule has 0 bridgehead atoms. The van der Waals surface area contributed by atoms with Gasteiger partial charge in [0, 0.05) is 24.6 Å². The maximum atomic E-state index is 13.5. The molecule has 3 aromatic rings. The summed E-state index contributed by atoms with van der Waals surface area (Å²) in [5, 5.41) is 9.95. The maximum Gasteiger partial charge on any atom is 0.290 e. The van der Waals surface area contributed by atoms with E-state index in [0.29, 0.717) is 30.8 Å². The number of anilines is 1. The zero-order chi connectivity index (χ0) is 24.1. The van der Waals surface area contributed by atoms with E-state index in [0.717, 1.165) is 17.7 Å². The van der Waals surface area contributed by atoms with E-state index < -0.39 is 5.41 Å². The van der Waals surface area contributed by atoms with Crippen LogP contribution in [-0.2, 0) is 21.4 Å². The zero-order valence-corrected chi connectivity index (χ0v) is 18.8. The highest BCUT2D eigenvalue weighted by molar-refractivity contribution is 6.08. The van der Waals surface area contributed by atoms with Gasteiger partial charge in [-0.05, 0) is 43.4 Å². The number of nitrogens with zero attached hydrogens (tertiary/aromatic N) is 3. The van der Waals surface area contributed by atoms with Crippen LogP contribution in [0.3, 0.4) is 0 Å². The van der Waals surface area contributed by atoms with Crippen LogP contribution < -0.4 is 5.32 Å². The number of hydrogen-bond acceptors (Lipinski definition) is 5. The molecule has 8 heteroatoms. The Morgan fingerprint density at radius 2 is 1.79 bits per heavy atom. The van der Waals surface area contributed by atoms with E-state index in [-0.39, 0.29) is 24.3 Å². The molecule has 2 aromatic carbocycles. The number of para-hydroxylation sites is 1. The zero-order valence-electron chi connectivity index (χ0n) is 18.8. The quantitative estimate of drug-likeness (QED) is 0.581. The minimum Gasteiger partial charge on any atom is -0.483 e. The lowest BCUT2D eigenvalue weighted by molar-refractivity contribution is -0.123. The fourth-order valence-electron chi connectivity index (χ4n) is 5.06. The second-order valence-electron chi connectivity index (χ2n) is 8.38. The van der Waals surface area contributed by atoms with E-state index >= 15 is 0 Å². The molecule has 2 atom stereocenters. The molecule has 3 heterocycles. The largest absolute Gasteiger partial charge is 0.483 e. The van der Waals surface area contributed by atoms with Gasteiger partial charge in [0.1, 0.15) is 5.82 Å². The lowest BCUT2D eigenvalue weighted by Gasteiger charge is -2.34. The lowest BCUT2D eigenvalue weighted by atomic mass is 9.73. The van der Waals surface area contributed by atoms with Crippen LogP contribution >= 0.6 is 0 Å². The van der Waals surface area contributed by atoms with Gasteiger partial charge in [0.05, 0.1) is 17.0 Å². The van der Waals surface area contributed by atoms with Crippen LogP contribution in [0.4, 0.5) is 5.69 Å². The van der Waals surface area contributed by atoms with Crippen LogP contribution in [0.25, 0.3) is 0 Å². The van der Waals surface area contributed by atoms with Gasteiger partial charge in [0.15, 0.2) is 0 Å². The molecule has 1 aromatic heterocycles. The number of aromatic nitrogens is 2. The Balaban J connectivity index is 0.000000868. The van der Waals surface area contributed by atoms with Crippen molar-refractivity contribution in [1.82, 2.24) is 14.9 Å². The van der Waals surface area contributed by atoms with Gasteiger partial charge in [-0.25, -0.2) is 9.97 Å². The van der Waals surface area contributed by atoms with Gasteiger partial charge < -0.3 is 15.3 Å². The number of amides is 2. The summed E-state index contributed by atoms with van der Waals surface area (Å²) in [7, 11) is 0. The molecule has 2 aliphatic heterocycles. The van der Waals surface area contributed by atoms with Crippen molar-refractivity contribution < 1.29 is 19.5 Å². The number of benzene rings is 2. The second kappa shape index (κ2) is 9.82. The van der Waals surface area contributed by atoms with E-state index in [1.807, 2.05) is 47.4 Å². The molecule has 34 heavy (non-hydrogen) atoms. The Bertz CT molecular complexity index is 1180. The fraction of sp³-hybridized carbons (Fsp3) is 0.269. The highest BCUT2D eigenvalue weighted by Crippen LogP contribution is 2.49. The minimum absolute atomic E-state index is 0.0118. The van der Waals surface area contributed by atoms with Crippen molar-refractivity contribution in [3.63, 3.8) is 0 Å². The Kier molecular flexibility index (Phi) is 6.67. The number of carboxylic acid groups (broad SMARTS) is 1. The average Bonchev–Trinajstić information content (AvgIpc) is 3.37. The summed E-state index contributed by atoms with van der Waals surface area (Å²) in [4.78, 5) is 45.4. The Labute approximate surface area is 197 Å². The molecule has 174 valence electrons. The SMILES string of the molecule is Cc1ncc(C(=O)N2CC[C@]3(C(=O)Nc4ccccc43)[C@@H]2CCc2ccccc2)cn1.O=CO. The Morgan fingerprint density at radius 1 is 1.15 bits per heavy atom. The van der Waals surface area contributed by atoms with Gasteiger partial charge in [-0.3, -0.25) is 14.4 Å². The number of rotatable bonds is 4. The third-order valence-electron chi connectivity index (χ3n) is 6.59. The standard InChI is InChI=1S/C25H24N4O2.CH2O2/c1-17-26-15-19(16-27-17)23(30)29-14-13-25(20-9-5-6-10-21(20)28-24(25)31)22(29)12-11-18-7-3-2-4-8-18;2-1-3/h2-10,15-16,22H,11-14H2,1H3,(H,28,31);1H,(H,2,3)/t22-,25+;/m0./s1. The van der Waals surface area contributed by atoms with Crippen LogP contribution in [0, 0.1) is 6.92 Å². The monoisotopic (exact) mass is 458 g/mol. The van der Waals surface area contributed by atoms with Crippen LogP contribution in [0.15, 0.2) is 67.0 Å². The van der Waals surface area contributed by atoms with Gasteiger partial charge in [0.25, 0.3) is 12.4 Å². The van der Waals surface area contributed by atoms with Crippen LogP contribution in [0.1, 0.15) is 40.2 Å². The Hall–Kier alpha value is -4.07. The first-order valence-electron chi connectivity index (χ1n) is 11.1. The van der Waals surface area contributed by atoms with E-state index in [2.05, 4.69) is 27.4 Å². The number of likely N-dealkylation sites (tertiary alicyclic amines) is 1. The third kappa shape index (κ3) is 4.14. The van der Waals surface area contributed by atoms with Crippen molar-refractivity contribution in [2.75, 3.05) is 11.9 Å². The summed E-state index contributed by atoms with van der Waals surface area (Å²) in [5.41, 5.74) is 2.77. The molecule has 1 spiro atoms. The van der Waals surface area contributed by atoms with Crippen molar-refractivity contribution in [2.45, 2.75) is 37.6 Å². The van der Waals surface area contributed by atoms with Gasteiger partial charge in [-0.1, -0.05) is 48.5 Å². The molecule has 8 nitrogen and oxygen atoms in total. The van der Waals surface area contributed by atoms with Gasteiger partial charge in [-0.15, -0.1) is 0 Å². The first-order valence-corrected chi connectivity index (χ1v) is 11.1. The predicted molar refractivity (Wildman–Crippen MR) is 126 cm³/mol. The average molecular weight is 459 g/mol. The molecule has 2 aliphatic rings. The molecule has 5 rings (SSSR count). The fourth-order valence-corrected chi connectivity index (χ4v) is 5.06. The van der Waals surface area contributed by atoms with Gasteiger partial charge in [-0.2, -0.15) is 0 Å². The minimum atomic E-state index is -0.730. The number of fused-ring (bicyclic) bond motifs is 2. The smallest absolute Gasteiger partial charge is 0.290 e. The second-order valence-corrected chi connectivity index (χ2v) is 8.38.